The van der Waals surface area contributed by atoms with Crippen molar-refractivity contribution in [3.05, 3.63) is 0 Å². The lowest BCUT2D eigenvalue weighted by Crippen LogP contribution is -2.47. The first kappa shape index (κ1) is 11.5. The summed E-state index contributed by atoms with van der Waals surface area (Å²) in [5.74, 6) is 0.273. The summed E-state index contributed by atoms with van der Waals surface area (Å²) >= 11 is 0. The van der Waals surface area contributed by atoms with E-state index in [9.17, 15) is 0 Å². The van der Waals surface area contributed by atoms with Crippen LogP contribution in [0.3, 0.4) is 0 Å². The lowest BCUT2D eigenvalue weighted by Gasteiger charge is -2.39. The third-order valence-corrected chi connectivity index (χ3v) is 2.93. The Labute approximate surface area is 85.9 Å². The van der Waals surface area contributed by atoms with E-state index < -0.39 is 0 Å². The van der Waals surface area contributed by atoms with Crippen LogP contribution in [0.4, 0.5) is 0 Å². The van der Waals surface area contributed by atoms with Gasteiger partial charge in [0.25, 0.3) is 0 Å². The summed E-state index contributed by atoms with van der Waals surface area (Å²) in [5, 5.41) is 7.18. The van der Waals surface area contributed by atoms with Gasteiger partial charge in [0.1, 0.15) is 0 Å². The van der Waals surface area contributed by atoms with Crippen LogP contribution in [-0.2, 0) is 4.74 Å². The molecule has 82 valence electrons. The van der Waals surface area contributed by atoms with Gasteiger partial charge in [-0.05, 0) is 26.3 Å². The minimum absolute atomic E-state index is 0.00492. The Bertz CT molecular complexity index is 208. The molecule has 0 saturated carbocycles. The standard InChI is InChI=1S/C10H21N3O/c1-10(14-2)5-3-6-13(8-10)7-4-9(11)12/h3-8H2,1-2H3,(H3,11,12). The van der Waals surface area contributed by atoms with Gasteiger partial charge in [-0.1, -0.05) is 0 Å². The summed E-state index contributed by atoms with van der Waals surface area (Å²) in [6, 6.07) is 0. The van der Waals surface area contributed by atoms with Gasteiger partial charge >= 0.3 is 0 Å². The van der Waals surface area contributed by atoms with E-state index in [1.165, 1.54) is 6.42 Å². The molecule has 0 aromatic heterocycles. The molecule has 0 aromatic carbocycles. The smallest absolute Gasteiger partial charge is 0.0918 e. The fraction of sp³-hybridized carbons (Fsp3) is 0.900. The van der Waals surface area contributed by atoms with Gasteiger partial charge < -0.3 is 15.4 Å². The number of methoxy groups -OCH3 is 1. The Hall–Kier alpha value is -0.610. The molecule has 1 rings (SSSR count). The molecule has 0 aliphatic carbocycles. The maximum atomic E-state index is 7.18. The average molecular weight is 199 g/mol. The first-order chi connectivity index (χ1) is 6.56. The zero-order valence-corrected chi connectivity index (χ0v) is 9.18. The van der Waals surface area contributed by atoms with Crippen LogP contribution >= 0.6 is 0 Å². The highest BCUT2D eigenvalue weighted by atomic mass is 16.5. The van der Waals surface area contributed by atoms with E-state index in [1.807, 2.05) is 0 Å². The van der Waals surface area contributed by atoms with Crippen LogP contribution in [0.25, 0.3) is 0 Å². The van der Waals surface area contributed by atoms with Gasteiger partial charge in [0.2, 0.25) is 0 Å². The van der Waals surface area contributed by atoms with Gasteiger partial charge in [-0.3, -0.25) is 5.41 Å². The molecule has 4 heteroatoms. The van der Waals surface area contributed by atoms with Crippen LogP contribution in [0.2, 0.25) is 0 Å². The minimum Gasteiger partial charge on any atom is -0.388 e. The normalized spacial score (nSPS) is 29.0. The third-order valence-electron chi connectivity index (χ3n) is 2.93. The van der Waals surface area contributed by atoms with Crippen molar-refractivity contribution in [2.45, 2.75) is 31.8 Å². The second-order valence-corrected chi connectivity index (χ2v) is 4.31. The van der Waals surface area contributed by atoms with Crippen LogP contribution in [0.1, 0.15) is 26.2 Å². The highest BCUT2D eigenvalue weighted by molar-refractivity contribution is 5.76. The van der Waals surface area contributed by atoms with Gasteiger partial charge in [-0.15, -0.1) is 0 Å². The first-order valence-corrected chi connectivity index (χ1v) is 5.16. The predicted octanol–water partition coefficient (Wildman–Crippen LogP) is 0.813. The number of likely N-dealkylation sites (tertiary alicyclic amines) is 1. The number of rotatable bonds is 4. The van der Waals surface area contributed by atoms with E-state index in [2.05, 4.69) is 11.8 Å². The van der Waals surface area contributed by atoms with Crippen molar-refractivity contribution in [1.82, 2.24) is 4.90 Å². The summed E-state index contributed by atoms with van der Waals surface area (Å²) in [4.78, 5) is 2.33. The molecular weight excluding hydrogens is 178 g/mol. The zero-order chi connectivity index (χ0) is 10.6. The number of nitrogens with two attached hydrogens (primary N) is 1. The number of amidine groups is 1. The Morgan fingerprint density at radius 3 is 2.93 bits per heavy atom. The van der Waals surface area contributed by atoms with Crippen molar-refractivity contribution < 1.29 is 4.74 Å². The largest absolute Gasteiger partial charge is 0.388 e. The Kier molecular flexibility index (Phi) is 3.89. The quantitative estimate of drug-likeness (QED) is 0.520. The van der Waals surface area contributed by atoms with Crippen LogP contribution in [-0.4, -0.2) is 43.1 Å². The van der Waals surface area contributed by atoms with E-state index in [-0.39, 0.29) is 11.4 Å². The summed E-state index contributed by atoms with van der Waals surface area (Å²) in [6.45, 7) is 5.09. The molecule has 1 aliphatic heterocycles. The Balaban J connectivity index is 2.36. The third kappa shape index (κ3) is 3.27. The SMILES string of the molecule is COC1(C)CCCN(CCC(=N)N)C1. The van der Waals surface area contributed by atoms with E-state index in [0.29, 0.717) is 6.42 Å². The molecule has 0 aromatic rings. The lowest BCUT2D eigenvalue weighted by atomic mass is 9.94. The van der Waals surface area contributed by atoms with E-state index in [4.69, 9.17) is 15.9 Å². The van der Waals surface area contributed by atoms with Crippen LogP contribution in [0, 0.1) is 5.41 Å². The summed E-state index contributed by atoms with van der Waals surface area (Å²) < 4.78 is 5.49. The van der Waals surface area contributed by atoms with Gasteiger partial charge in [-0.25, -0.2) is 0 Å². The van der Waals surface area contributed by atoms with Crippen molar-refractivity contribution in [3.63, 3.8) is 0 Å². The highest BCUT2D eigenvalue weighted by Crippen LogP contribution is 2.23. The molecule has 1 unspecified atom stereocenters. The second kappa shape index (κ2) is 4.75. The summed E-state index contributed by atoms with van der Waals surface area (Å²) in [5.41, 5.74) is 5.33. The molecule has 3 N–H and O–H groups in total. The van der Waals surface area contributed by atoms with Gasteiger partial charge in [0.15, 0.2) is 0 Å². The number of nitrogens with one attached hydrogen (secondary N) is 1. The predicted molar refractivity (Wildman–Crippen MR) is 57.6 cm³/mol. The average Bonchev–Trinajstić information content (AvgIpc) is 2.15. The fourth-order valence-corrected chi connectivity index (χ4v) is 1.94. The molecule has 0 bridgehead atoms. The van der Waals surface area contributed by atoms with Crippen LogP contribution < -0.4 is 5.73 Å². The maximum absolute atomic E-state index is 7.18. The molecule has 1 fully saturated rings. The summed E-state index contributed by atoms with van der Waals surface area (Å²) in [7, 11) is 1.77. The van der Waals surface area contributed by atoms with E-state index in [0.717, 1.165) is 26.1 Å². The van der Waals surface area contributed by atoms with E-state index in [1.54, 1.807) is 7.11 Å². The first-order valence-electron chi connectivity index (χ1n) is 5.16. The number of nitrogens with zero attached hydrogens (tertiary/aromatic N) is 1. The molecule has 4 nitrogen and oxygen atoms in total. The van der Waals surface area contributed by atoms with Crippen molar-refractivity contribution in [2.75, 3.05) is 26.7 Å². The highest BCUT2D eigenvalue weighted by Gasteiger charge is 2.30. The number of hydrogen-bond acceptors (Lipinski definition) is 3. The number of hydrogen-bond donors (Lipinski definition) is 2. The maximum Gasteiger partial charge on any atom is 0.0918 e. The lowest BCUT2D eigenvalue weighted by molar-refractivity contribution is -0.0499. The van der Waals surface area contributed by atoms with Crippen molar-refractivity contribution in [2.24, 2.45) is 5.73 Å². The summed E-state index contributed by atoms with van der Waals surface area (Å²) in [6.07, 6.45) is 2.96. The monoisotopic (exact) mass is 199 g/mol. The molecule has 0 amide bonds. The molecule has 14 heavy (non-hydrogen) atoms. The van der Waals surface area contributed by atoms with E-state index >= 15 is 0 Å². The van der Waals surface area contributed by atoms with Gasteiger partial charge in [0, 0.05) is 26.6 Å². The number of ether oxygens (including phenoxy) is 1. The molecule has 0 spiro atoms. The van der Waals surface area contributed by atoms with Crippen LogP contribution in [0.5, 0.6) is 0 Å². The fourth-order valence-electron chi connectivity index (χ4n) is 1.94. The van der Waals surface area contributed by atoms with Crippen LogP contribution in [0.15, 0.2) is 0 Å². The Morgan fingerprint density at radius 1 is 1.64 bits per heavy atom. The van der Waals surface area contributed by atoms with Crippen molar-refractivity contribution in [3.8, 4) is 0 Å². The van der Waals surface area contributed by atoms with Crippen molar-refractivity contribution in [1.29, 1.82) is 5.41 Å². The molecule has 0 radical (unpaired) electrons. The zero-order valence-electron chi connectivity index (χ0n) is 9.18. The minimum atomic E-state index is -0.00492. The molecular formula is C10H21N3O. The number of piperidine rings is 1. The second-order valence-electron chi connectivity index (χ2n) is 4.31. The van der Waals surface area contributed by atoms with Crippen molar-refractivity contribution >= 4 is 5.84 Å². The molecule has 1 heterocycles. The van der Waals surface area contributed by atoms with Gasteiger partial charge in [-0.2, -0.15) is 0 Å². The Morgan fingerprint density at radius 2 is 2.36 bits per heavy atom. The topological polar surface area (TPSA) is 62.3 Å². The molecule has 1 saturated heterocycles. The molecule has 1 atom stereocenters. The molecule has 1 aliphatic rings. The van der Waals surface area contributed by atoms with Gasteiger partial charge in [0.05, 0.1) is 11.4 Å².